The number of carbonyl (C=O) groups excluding carboxylic acids is 2. The van der Waals surface area contributed by atoms with Crippen molar-refractivity contribution in [3.63, 3.8) is 0 Å². The van der Waals surface area contributed by atoms with Gasteiger partial charge in [0, 0.05) is 17.6 Å². The van der Waals surface area contributed by atoms with Gasteiger partial charge in [0.2, 0.25) is 11.8 Å². The summed E-state index contributed by atoms with van der Waals surface area (Å²) >= 11 is 6.02. The molecule has 2 amide bonds. The van der Waals surface area contributed by atoms with Gasteiger partial charge < -0.3 is 10.2 Å². The lowest BCUT2D eigenvalue weighted by molar-refractivity contribution is -0.139. The fourth-order valence-electron chi connectivity index (χ4n) is 4.96. The number of carbonyl (C=O) groups is 2. The maximum Gasteiger partial charge on any atom is 0.416 e. The zero-order valence-corrected chi connectivity index (χ0v) is 25.3. The summed E-state index contributed by atoms with van der Waals surface area (Å²) in [5.41, 5.74) is 0.00398. The molecule has 1 saturated carbocycles. The second-order valence-corrected chi connectivity index (χ2v) is 13.0. The lowest BCUT2D eigenvalue weighted by Crippen LogP contribution is -2.52. The van der Waals surface area contributed by atoms with Crippen LogP contribution in [-0.2, 0) is 32.3 Å². The van der Waals surface area contributed by atoms with Gasteiger partial charge >= 0.3 is 6.18 Å². The summed E-state index contributed by atoms with van der Waals surface area (Å²) < 4.78 is 69.3. The molecule has 0 radical (unpaired) electrons. The Bertz CT molecular complexity index is 1540. The number of benzene rings is 3. The summed E-state index contributed by atoms with van der Waals surface area (Å²) in [6.45, 7) is 2.40. The molecule has 230 valence electrons. The summed E-state index contributed by atoms with van der Waals surface area (Å²) in [5, 5.41) is 3.43. The minimum absolute atomic E-state index is 0.0223. The normalized spacial score (nSPS) is 14.7. The standard InChI is InChI=1S/C31H33ClF3N3O4S/c1-21-10-16-28(17-11-21)43(41,42)38(27-9-5-6-24(18-27)31(33,34)35)20-29(39)37(19-23-12-14-25(32)15-13-23)22(2)30(40)36-26-7-3-4-8-26/h5-6,9-18,22,26H,3-4,7-8,19-20H2,1-2H3,(H,36,40)/t22-/m1/s1. The van der Waals surface area contributed by atoms with Crippen molar-refractivity contribution in [2.75, 3.05) is 10.8 Å². The molecule has 12 heteroatoms. The van der Waals surface area contributed by atoms with E-state index in [0.29, 0.717) is 21.0 Å². The van der Waals surface area contributed by atoms with Crippen LogP contribution in [0.2, 0.25) is 5.02 Å². The first-order valence-corrected chi connectivity index (χ1v) is 15.7. The average Bonchev–Trinajstić information content (AvgIpc) is 3.48. The first-order valence-electron chi connectivity index (χ1n) is 13.9. The largest absolute Gasteiger partial charge is 0.416 e. The van der Waals surface area contributed by atoms with E-state index >= 15 is 0 Å². The van der Waals surface area contributed by atoms with Crippen LogP contribution in [0.5, 0.6) is 0 Å². The molecular weight excluding hydrogens is 603 g/mol. The van der Waals surface area contributed by atoms with Gasteiger partial charge in [-0.05, 0) is 74.7 Å². The molecule has 7 nitrogen and oxygen atoms in total. The Kier molecular flexibility index (Phi) is 10.1. The number of nitrogens with one attached hydrogen (secondary N) is 1. The van der Waals surface area contributed by atoms with Gasteiger partial charge in [-0.3, -0.25) is 13.9 Å². The Morgan fingerprint density at radius 2 is 1.63 bits per heavy atom. The Balaban J connectivity index is 1.73. The fraction of sp³-hybridized carbons (Fsp3) is 0.355. The lowest BCUT2D eigenvalue weighted by atomic mass is 10.1. The van der Waals surface area contributed by atoms with Crippen molar-refractivity contribution < 1.29 is 31.2 Å². The number of hydrogen-bond donors (Lipinski definition) is 1. The topological polar surface area (TPSA) is 86.8 Å². The van der Waals surface area contributed by atoms with Gasteiger partial charge in [0.25, 0.3) is 10.0 Å². The number of sulfonamides is 1. The van der Waals surface area contributed by atoms with E-state index in [1.807, 2.05) is 0 Å². The summed E-state index contributed by atoms with van der Waals surface area (Å²) in [4.78, 5) is 28.3. The molecule has 3 aromatic rings. The molecule has 1 atom stereocenters. The first kappa shape index (κ1) is 32.3. The van der Waals surface area contributed by atoms with Crippen LogP contribution in [0, 0.1) is 6.92 Å². The summed E-state index contributed by atoms with van der Waals surface area (Å²) in [7, 11) is -4.50. The number of amides is 2. The van der Waals surface area contributed by atoms with Crippen molar-refractivity contribution in [2.45, 2.75) is 69.2 Å². The van der Waals surface area contributed by atoms with Crippen molar-refractivity contribution >= 4 is 39.1 Å². The minimum atomic E-state index is -4.74. The van der Waals surface area contributed by atoms with Gasteiger partial charge in [-0.25, -0.2) is 8.42 Å². The second-order valence-electron chi connectivity index (χ2n) is 10.7. The zero-order chi connectivity index (χ0) is 31.4. The van der Waals surface area contributed by atoms with E-state index in [1.165, 1.54) is 23.1 Å². The quantitative estimate of drug-likeness (QED) is 0.282. The molecule has 1 aliphatic rings. The molecule has 0 unspecified atom stereocenters. The molecule has 0 bridgehead atoms. The molecule has 1 fully saturated rings. The van der Waals surface area contributed by atoms with E-state index in [2.05, 4.69) is 5.32 Å². The smallest absolute Gasteiger partial charge is 0.352 e. The molecule has 0 heterocycles. The van der Waals surface area contributed by atoms with Crippen LogP contribution in [0.1, 0.15) is 49.3 Å². The SMILES string of the molecule is Cc1ccc(S(=O)(=O)N(CC(=O)N(Cc2ccc(Cl)cc2)[C@H](C)C(=O)NC2CCCC2)c2cccc(C(F)(F)F)c2)cc1. The summed E-state index contributed by atoms with van der Waals surface area (Å²) in [6.07, 6.45) is -1.14. The van der Waals surface area contributed by atoms with Crippen LogP contribution in [0.3, 0.4) is 0 Å². The molecular formula is C31H33ClF3N3O4S. The molecule has 43 heavy (non-hydrogen) atoms. The first-order chi connectivity index (χ1) is 20.3. The Hall–Kier alpha value is -3.57. The van der Waals surface area contributed by atoms with Crippen molar-refractivity contribution in [1.82, 2.24) is 10.2 Å². The average molecular weight is 636 g/mol. The molecule has 0 aromatic heterocycles. The predicted octanol–water partition coefficient (Wildman–Crippen LogP) is 6.34. The van der Waals surface area contributed by atoms with Gasteiger partial charge in [-0.1, -0.05) is 60.3 Å². The maximum absolute atomic E-state index is 14.0. The van der Waals surface area contributed by atoms with Crippen LogP contribution in [-0.4, -0.2) is 43.8 Å². The third-order valence-corrected chi connectivity index (χ3v) is 9.52. The Morgan fingerprint density at radius 1 is 1.00 bits per heavy atom. The van der Waals surface area contributed by atoms with Crippen molar-refractivity contribution in [2.24, 2.45) is 0 Å². The van der Waals surface area contributed by atoms with E-state index in [-0.39, 0.29) is 23.2 Å². The van der Waals surface area contributed by atoms with Crippen molar-refractivity contribution in [3.8, 4) is 0 Å². The number of rotatable bonds is 10. The summed E-state index contributed by atoms with van der Waals surface area (Å²) in [6, 6.07) is 15.2. The minimum Gasteiger partial charge on any atom is -0.352 e. The number of anilines is 1. The van der Waals surface area contributed by atoms with Crippen LogP contribution < -0.4 is 9.62 Å². The Labute approximate surface area is 254 Å². The van der Waals surface area contributed by atoms with Crippen molar-refractivity contribution in [1.29, 1.82) is 0 Å². The second kappa shape index (κ2) is 13.4. The van der Waals surface area contributed by atoms with Crippen LogP contribution in [0.15, 0.2) is 77.7 Å². The van der Waals surface area contributed by atoms with Crippen LogP contribution >= 0.6 is 11.6 Å². The summed E-state index contributed by atoms with van der Waals surface area (Å²) in [5.74, 6) is -1.17. The monoisotopic (exact) mass is 635 g/mol. The van der Waals surface area contributed by atoms with Gasteiger partial charge in [-0.15, -0.1) is 0 Å². The third kappa shape index (κ3) is 8.08. The molecule has 0 saturated heterocycles. The van der Waals surface area contributed by atoms with Crippen LogP contribution in [0.25, 0.3) is 0 Å². The third-order valence-electron chi connectivity index (χ3n) is 7.48. The molecule has 4 rings (SSSR count). The van der Waals surface area contributed by atoms with E-state index < -0.39 is 46.2 Å². The van der Waals surface area contributed by atoms with E-state index in [9.17, 15) is 31.2 Å². The highest BCUT2D eigenvalue weighted by atomic mass is 35.5. The molecule has 0 spiro atoms. The Morgan fingerprint density at radius 3 is 2.23 bits per heavy atom. The van der Waals surface area contributed by atoms with Gasteiger partial charge in [0.1, 0.15) is 12.6 Å². The van der Waals surface area contributed by atoms with Gasteiger partial charge in [-0.2, -0.15) is 13.2 Å². The maximum atomic E-state index is 14.0. The van der Waals surface area contributed by atoms with Gasteiger partial charge in [0.15, 0.2) is 0 Å². The lowest BCUT2D eigenvalue weighted by Gasteiger charge is -2.32. The van der Waals surface area contributed by atoms with Gasteiger partial charge in [0.05, 0.1) is 16.1 Å². The van der Waals surface area contributed by atoms with Crippen LogP contribution in [0.4, 0.5) is 18.9 Å². The number of halogens is 4. The molecule has 1 N–H and O–H groups in total. The van der Waals surface area contributed by atoms with Crippen molar-refractivity contribution in [3.05, 3.63) is 94.5 Å². The highest BCUT2D eigenvalue weighted by molar-refractivity contribution is 7.92. The van der Waals surface area contributed by atoms with E-state index in [1.54, 1.807) is 50.2 Å². The fourth-order valence-corrected chi connectivity index (χ4v) is 6.50. The molecule has 0 aliphatic heterocycles. The number of alkyl halides is 3. The molecule has 1 aliphatic carbocycles. The zero-order valence-electron chi connectivity index (χ0n) is 23.8. The number of nitrogens with zero attached hydrogens (tertiary/aromatic N) is 2. The predicted molar refractivity (Wildman–Crippen MR) is 159 cm³/mol. The highest BCUT2D eigenvalue weighted by Gasteiger charge is 2.35. The molecule has 3 aromatic carbocycles. The van der Waals surface area contributed by atoms with E-state index in [0.717, 1.165) is 43.4 Å². The number of hydrogen-bond acceptors (Lipinski definition) is 4. The van der Waals surface area contributed by atoms with E-state index in [4.69, 9.17) is 11.6 Å². The highest BCUT2D eigenvalue weighted by Crippen LogP contribution is 2.33. The number of aryl methyl sites for hydroxylation is 1.